The van der Waals surface area contributed by atoms with Crippen molar-refractivity contribution in [2.24, 2.45) is 11.3 Å². The van der Waals surface area contributed by atoms with Gasteiger partial charge in [-0.2, -0.15) is 0 Å². The molecule has 2 amide bonds. The van der Waals surface area contributed by atoms with Gasteiger partial charge in [0, 0.05) is 20.3 Å². The zero-order valence-electron chi connectivity index (χ0n) is 12.1. The van der Waals surface area contributed by atoms with Crippen LogP contribution < -0.4 is 5.32 Å². The van der Waals surface area contributed by atoms with Gasteiger partial charge in [-0.15, -0.1) is 0 Å². The maximum atomic E-state index is 12.4. The molecule has 1 heterocycles. The van der Waals surface area contributed by atoms with Crippen LogP contribution in [0.25, 0.3) is 0 Å². The summed E-state index contributed by atoms with van der Waals surface area (Å²) in [5, 5.41) is 2.83. The predicted molar refractivity (Wildman–Crippen MR) is 71.5 cm³/mol. The highest BCUT2D eigenvalue weighted by Gasteiger charge is 2.43. The minimum Gasteiger partial charge on any atom is -0.385 e. The van der Waals surface area contributed by atoms with Crippen molar-refractivity contribution in [3.63, 3.8) is 0 Å². The lowest BCUT2D eigenvalue weighted by molar-refractivity contribution is -0.146. The number of amides is 2. The molecule has 108 valence electrons. The van der Waals surface area contributed by atoms with Gasteiger partial charge in [-0.1, -0.05) is 13.8 Å². The van der Waals surface area contributed by atoms with Crippen molar-refractivity contribution in [1.29, 1.82) is 0 Å². The standard InChI is InChI=1S/C14H24N2O3/c1-14(2,6-7-19-3)9-16-8-11(17)15-12(13(16)18)10-4-5-10/h10,12H,4-9H2,1-3H3,(H,15,17). The van der Waals surface area contributed by atoms with E-state index in [9.17, 15) is 9.59 Å². The van der Waals surface area contributed by atoms with Crippen LogP contribution in [0, 0.1) is 11.3 Å². The molecular weight excluding hydrogens is 244 g/mol. The van der Waals surface area contributed by atoms with E-state index >= 15 is 0 Å². The van der Waals surface area contributed by atoms with E-state index in [1.807, 2.05) is 0 Å². The highest BCUT2D eigenvalue weighted by Crippen LogP contribution is 2.35. The van der Waals surface area contributed by atoms with Crippen molar-refractivity contribution in [3.8, 4) is 0 Å². The van der Waals surface area contributed by atoms with E-state index in [-0.39, 0.29) is 29.8 Å². The van der Waals surface area contributed by atoms with E-state index < -0.39 is 0 Å². The van der Waals surface area contributed by atoms with Crippen LogP contribution >= 0.6 is 0 Å². The molecule has 0 bridgehead atoms. The van der Waals surface area contributed by atoms with Gasteiger partial charge in [0.2, 0.25) is 11.8 Å². The van der Waals surface area contributed by atoms with Gasteiger partial charge in [-0.05, 0) is 30.6 Å². The highest BCUT2D eigenvalue weighted by atomic mass is 16.5. The lowest BCUT2D eigenvalue weighted by Gasteiger charge is -2.37. The number of nitrogens with one attached hydrogen (secondary N) is 1. The van der Waals surface area contributed by atoms with E-state index in [1.54, 1.807) is 12.0 Å². The third kappa shape index (κ3) is 3.69. The fourth-order valence-corrected chi connectivity index (χ4v) is 2.59. The summed E-state index contributed by atoms with van der Waals surface area (Å²) in [5.41, 5.74) is -0.0304. The summed E-state index contributed by atoms with van der Waals surface area (Å²) >= 11 is 0. The van der Waals surface area contributed by atoms with Gasteiger partial charge >= 0.3 is 0 Å². The lowest BCUT2D eigenvalue weighted by Crippen LogP contribution is -2.60. The Morgan fingerprint density at radius 1 is 1.37 bits per heavy atom. The number of carbonyl (C=O) groups is 2. The second-order valence-corrected chi connectivity index (χ2v) is 6.48. The quantitative estimate of drug-likeness (QED) is 0.774. The molecule has 1 saturated carbocycles. The first kappa shape index (κ1) is 14.3. The van der Waals surface area contributed by atoms with Gasteiger partial charge in [0.05, 0.1) is 6.54 Å². The number of carbonyl (C=O) groups excluding carboxylic acids is 2. The van der Waals surface area contributed by atoms with E-state index in [2.05, 4.69) is 19.2 Å². The van der Waals surface area contributed by atoms with E-state index in [1.165, 1.54) is 0 Å². The fraction of sp³-hybridized carbons (Fsp3) is 0.857. The number of piperazine rings is 1. The van der Waals surface area contributed by atoms with Crippen molar-refractivity contribution >= 4 is 11.8 Å². The fourth-order valence-electron chi connectivity index (χ4n) is 2.59. The molecule has 0 aromatic heterocycles. The van der Waals surface area contributed by atoms with Gasteiger partial charge in [0.15, 0.2) is 0 Å². The summed E-state index contributed by atoms with van der Waals surface area (Å²) in [7, 11) is 1.68. The summed E-state index contributed by atoms with van der Waals surface area (Å²) in [4.78, 5) is 25.8. The van der Waals surface area contributed by atoms with E-state index in [4.69, 9.17) is 4.74 Å². The van der Waals surface area contributed by atoms with Gasteiger partial charge in [-0.3, -0.25) is 9.59 Å². The second kappa shape index (κ2) is 5.49. The molecular formula is C14H24N2O3. The zero-order valence-corrected chi connectivity index (χ0v) is 12.1. The first-order valence-corrected chi connectivity index (χ1v) is 7.00. The van der Waals surface area contributed by atoms with Crippen LogP contribution in [0.3, 0.4) is 0 Å². The molecule has 1 saturated heterocycles. The van der Waals surface area contributed by atoms with Crippen LogP contribution in [0.2, 0.25) is 0 Å². The molecule has 0 aromatic rings. The Bertz CT molecular complexity index is 364. The average Bonchev–Trinajstić information content (AvgIpc) is 3.14. The molecule has 2 rings (SSSR count). The molecule has 19 heavy (non-hydrogen) atoms. The van der Waals surface area contributed by atoms with Crippen LogP contribution in [0.4, 0.5) is 0 Å². The summed E-state index contributed by atoms with van der Waals surface area (Å²) in [6.07, 6.45) is 2.98. The number of rotatable bonds is 6. The van der Waals surface area contributed by atoms with Crippen LogP contribution in [0.1, 0.15) is 33.1 Å². The Labute approximate surface area is 114 Å². The maximum Gasteiger partial charge on any atom is 0.245 e. The number of methoxy groups -OCH3 is 1. The van der Waals surface area contributed by atoms with Crippen LogP contribution in [0.15, 0.2) is 0 Å². The van der Waals surface area contributed by atoms with Gasteiger partial charge in [-0.25, -0.2) is 0 Å². The van der Waals surface area contributed by atoms with Crippen molar-refractivity contribution in [2.45, 2.75) is 39.2 Å². The maximum absolute atomic E-state index is 12.4. The SMILES string of the molecule is COCCC(C)(C)CN1CC(=O)NC(C2CC2)C1=O. The first-order valence-electron chi connectivity index (χ1n) is 7.00. The molecule has 1 aliphatic carbocycles. The number of nitrogens with zero attached hydrogens (tertiary/aromatic N) is 1. The molecule has 0 radical (unpaired) electrons. The molecule has 1 unspecified atom stereocenters. The Hall–Kier alpha value is -1.10. The number of ether oxygens (including phenoxy) is 1. The summed E-state index contributed by atoms with van der Waals surface area (Å²) in [6.45, 7) is 5.70. The molecule has 2 fully saturated rings. The van der Waals surface area contributed by atoms with Gasteiger partial charge in [0.25, 0.3) is 0 Å². The lowest BCUT2D eigenvalue weighted by atomic mass is 9.88. The second-order valence-electron chi connectivity index (χ2n) is 6.48. The van der Waals surface area contributed by atoms with Crippen molar-refractivity contribution in [3.05, 3.63) is 0 Å². The Morgan fingerprint density at radius 2 is 2.05 bits per heavy atom. The number of hydrogen-bond acceptors (Lipinski definition) is 3. The topological polar surface area (TPSA) is 58.6 Å². The molecule has 0 aromatic carbocycles. The van der Waals surface area contributed by atoms with Crippen molar-refractivity contribution in [1.82, 2.24) is 10.2 Å². The van der Waals surface area contributed by atoms with Gasteiger partial charge < -0.3 is 15.0 Å². The molecule has 0 spiro atoms. The van der Waals surface area contributed by atoms with Crippen LogP contribution in [0.5, 0.6) is 0 Å². The summed E-state index contributed by atoms with van der Waals surface area (Å²) < 4.78 is 5.10. The predicted octanol–water partition coefficient (Wildman–Crippen LogP) is 0.786. The third-order valence-corrected chi connectivity index (χ3v) is 3.92. The summed E-state index contributed by atoms with van der Waals surface area (Å²) in [6, 6.07) is -0.278. The van der Waals surface area contributed by atoms with Crippen LogP contribution in [-0.4, -0.2) is 49.6 Å². The third-order valence-electron chi connectivity index (χ3n) is 3.92. The molecule has 1 atom stereocenters. The average molecular weight is 268 g/mol. The zero-order chi connectivity index (χ0) is 14.0. The normalized spacial score (nSPS) is 24.6. The summed E-state index contributed by atoms with van der Waals surface area (Å²) in [5.74, 6) is 0.424. The van der Waals surface area contributed by atoms with Crippen LogP contribution in [-0.2, 0) is 14.3 Å². The smallest absolute Gasteiger partial charge is 0.245 e. The minimum atomic E-state index is -0.278. The van der Waals surface area contributed by atoms with Crippen molar-refractivity contribution < 1.29 is 14.3 Å². The largest absolute Gasteiger partial charge is 0.385 e. The molecule has 5 heteroatoms. The van der Waals surface area contributed by atoms with E-state index in [0.717, 1.165) is 19.3 Å². The highest BCUT2D eigenvalue weighted by molar-refractivity contribution is 5.95. The van der Waals surface area contributed by atoms with E-state index in [0.29, 0.717) is 19.1 Å². The van der Waals surface area contributed by atoms with Crippen molar-refractivity contribution in [2.75, 3.05) is 26.8 Å². The van der Waals surface area contributed by atoms with Gasteiger partial charge in [0.1, 0.15) is 6.04 Å². The Balaban J connectivity index is 1.97. The Morgan fingerprint density at radius 3 is 2.63 bits per heavy atom. The number of hydrogen-bond donors (Lipinski definition) is 1. The molecule has 5 nitrogen and oxygen atoms in total. The minimum absolute atomic E-state index is 0.0287. The molecule has 1 aliphatic heterocycles. The molecule has 1 N–H and O–H groups in total. The molecule has 2 aliphatic rings. The Kier molecular flexibility index (Phi) is 4.13. The first-order chi connectivity index (χ1) is 8.93. The monoisotopic (exact) mass is 268 g/mol.